The Balaban J connectivity index is 1.35. The molecule has 4 heteroatoms. The normalized spacial score (nSPS) is 35.4. The maximum atomic E-state index is 11.0. The Labute approximate surface area is 134 Å². The summed E-state index contributed by atoms with van der Waals surface area (Å²) < 4.78 is 0. The quantitative estimate of drug-likeness (QED) is 0.724. The molecule has 3 aliphatic carbocycles. The molecule has 3 rings (SSSR count). The van der Waals surface area contributed by atoms with Gasteiger partial charge in [0.2, 0.25) is 0 Å². The molecular weight excluding hydrogens is 276 g/mol. The van der Waals surface area contributed by atoms with Crippen LogP contribution in [0, 0.1) is 17.8 Å². The van der Waals surface area contributed by atoms with Crippen LogP contribution in [-0.4, -0.2) is 47.7 Å². The van der Waals surface area contributed by atoms with Crippen molar-refractivity contribution in [3.05, 3.63) is 0 Å². The van der Waals surface area contributed by atoms with Crippen LogP contribution in [0.2, 0.25) is 0 Å². The van der Waals surface area contributed by atoms with Crippen molar-refractivity contribution in [3.63, 3.8) is 0 Å². The number of carboxylic acid groups (broad SMARTS) is 1. The topological polar surface area (TPSA) is 52.6 Å². The second-order valence-electron chi connectivity index (χ2n) is 8.13. The summed E-state index contributed by atoms with van der Waals surface area (Å²) in [5, 5.41) is 12.8. The average molecular weight is 308 g/mol. The van der Waals surface area contributed by atoms with E-state index in [1.54, 1.807) is 0 Å². The molecule has 2 atom stereocenters. The van der Waals surface area contributed by atoms with Crippen molar-refractivity contribution in [2.45, 2.75) is 70.4 Å². The van der Waals surface area contributed by atoms with Crippen LogP contribution in [0.1, 0.15) is 58.3 Å². The van der Waals surface area contributed by atoms with Crippen LogP contribution in [0.15, 0.2) is 0 Å². The first kappa shape index (κ1) is 16.3. The minimum Gasteiger partial charge on any atom is -0.480 e. The van der Waals surface area contributed by atoms with Crippen LogP contribution < -0.4 is 5.32 Å². The molecule has 126 valence electrons. The zero-order chi connectivity index (χ0) is 15.5. The number of hydrogen-bond donors (Lipinski definition) is 2. The molecule has 0 spiro atoms. The zero-order valence-corrected chi connectivity index (χ0v) is 14.0. The van der Waals surface area contributed by atoms with Crippen molar-refractivity contribution >= 4 is 5.97 Å². The van der Waals surface area contributed by atoms with Gasteiger partial charge in [0.25, 0.3) is 0 Å². The molecule has 0 amide bonds. The van der Waals surface area contributed by atoms with Gasteiger partial charge in [0.1, 0.15) is 0 Å². The Morgan fingerprint density at radius 2 is 1.91 bits per heavy atom. The van der Waals surface area contributed by atoms with Crippen LogP contribution in [0.4, 0.5) is 0 Å². The van der Waals surface area contributed by atoms with Gasteiger partial charge in [-0.25, -0.2) is 0 Å². The van der Waals surface area contributed by atoms with Crippen molar-refractivity contribution in [1.29, 1.82) is 0 Å². The molecule has 2 N–H and O–H groups in total. The van der Waals surface area contributed by atoms with Gasteiger partial charge in [-0.2, -0.15) is 0 Å². The van der Waals surface area contributed by atoms with E-state index in [4.69, 9.17) is 5.11 Å². The summed E-state index contributed by atoms with van der Waals surface area (Å²) in [6, 6.07) is 1.12. The van der Waals surface area contributed by atoms with E-state index in [2.05, 4.69) is 17.1 Å². The van der Waals surface area contributed by atoms with Crippen LogP contribution in [0.5, 0.6) is 0 Å². The predicted molar refractivity (Wildman–Crippen MR) is 87.9 cm³/mol. The largest absolute Gasteiger partial charge is 0.480 e. The summed E-state index contributed by atoms with van der Waals surface area (Å²) in [5.41, 5.74) is 0. The summed E-state index contributed by atoms with van der Waals surface area (Å²) in [6.07, 6.45) is 10.5. The highest BCUT2D eigenvalue weighted by molar-refractivity contribution is 5.69. The van der Waals surface area contributed by atoms with E-state index in [-0.39, 0.29) is 6.54 Å². The zero-order valence-electron chi connectivity index (χ0n) is 14.0. The minimum absolute atomic E-state index is 0.230. The third kappa shape index (κ3) is 4.69. The molecule has 0 aromatic heterocycles. The number of carbonyl (C=O) groups is 1. The summed E-state index contributed by atoms with van der Waals surface area (Å²) in [6.45, 7) is 4.79. The van der Waals surface area contributed by atoms with E-state index >= 15 is 0 Å². The predicted octanol–water partition coefficient (Wildman–Crippen LogP) is 2.73. The van der Waals surface area contributed by atoms with Gasteiger partial charge in [-0.3, -0.25) is 9.69 Å². The molecule has 0 aliphatic heterocycles. The lowest BCUT2D eigenvalue weighted by Crippen LogP contribution is -2.54. The maximum Gasteiger partial charge on any atom is 0.317 e. The fourth-order valence-electron chi connectivity index (χ4n) is 4.28. The average Bonchev–Trinajstić information content (AvgIpc) is 3.20. The van der Waals surface area contributed by atoms with Gasteiger partial charge in [0.05, 0.1) is 6.54 Å². The number of nitrogens with one attached hydrogen (secondary N) is 1. The van der Waals surface area contributed by atoms with Gasteiger partial charge in [-0.1, -0.05) is 19.8 Å². The summed E-state index contributed by atoms with van der Waals surface area (Å²) >= 11 is 0. The van der Waals surface area contributed by atoms with Gasteiger partial charge < -0.3 is 10.4 Å². The highest BCUT2D eigenvalue weighted by Crippen LogP contribution is 2.34. The molecular formula is C18H32N2O2. The Hall–Kier alpha value is -0.610. The van der Waals surface area contributed by atoms with Crippen LogP contribution in [0.25, 0.3) is 0 Å². The first-order valence-corrected chi connectivity index (χ1v) is 9.29. The third-order valence-electron chi connectivity index (χ3n) is 5.90. The van der Waals surface area contributed by atoms with E-state index in [1.165, 1.54) is 45.1 Å². The molecule has 0 aromatic rings. The molecule has 2 unspecified atom stereocenters. The van der Waals surface area contributed by atoms with Gasteiger partial charge in [-0.05, 0) is 62.8 Å². The summed E-state index contributed by atoms with van der Waals surface area (Å²) in [4.78, 5) is 13.3. The number of rotatable bonds is 8. The monoisotopic (exact) mass is 308 g/mol. The molecule has 0 bridgehead atoms. The fraction of sp³-hybridized carbons (Fsp3) is 0.944. The Bertz CT molecular complexity index is 377. The van der Waals surface area contributed by atoms with E-state index in [0.29, 0.717) is 12.1 Å². The smallest absolute Gasteiger partial charge is 0.317 e. The highest BCUT2D eigenvalue weighted by atomic mass is 16.4. The van der Waals surface area contributed by atoms with E-state index < -0.39 is 5.97 Å². The van der Waals surface area contributed by atoms with Gasteiger partial charge in [0, 0.05) is 18.6 Å². The third-order valence-corrected chi connectivity index (χ3v) is 5.90. The molecule has 3 saturated carbocycles. The molecule has 3 aliphatic rings. The maximum absolute atomic E-state index is 11.0. The molecule has 22 heavy (non-hydrogen) atoms. The van der Waals surface area contributed by atoms with Gasteiger partial charge in [0.15, 0.2) is 0 Å². The first-order chi connectivity index (χ1) is 10.6. The SMILES string of the molecule is CC1CCCC(CNC2CC(N(CC(=O)O)CC3CC3)C2)C1. The lowest BCUT2D eigenvalue weighted by molar-refractivity contribution is -0.139. The Morgan fingerprint density at radius 1 is 1.14 bits per heavy atom. The van der Waals surface area contributed by atoms with E-state index in [9.17, 15) is 4.79 Å². The Morgan fingerprint density at radius 3 is 2.55 bits per heavy atom. The van der Waals surface area contributed by atoms with E-state index in [0.717, 1.165) is 37.1 Å². The van der Waals surface area contributed by atoms with Crippen molar-refractivity contribution < 1.29 is 9.90 Å². The van der Waals surface area contributed by atoms with E-state index in [1.807, 2.05) is 0 Å². The standard InChI is InChI=1S/C18H32N2O2/c1-13-3-2-4-15(7-13)10-19-16-8-17(9-16)20(12-18(21)22)11-14-5-6-14/h13-17,19H,2-12H2,1H3,(H,21,22). The number of aliphatic carboxylic acids is 1. The van der Waals surface area contributed by atoms with Gasteiger partial charge in [-0.15, -0.1) is 0 Å². The number of carboxylic acids is 1. The Kier molecular flexibility index (Phi) is 5.40. The van der Waals surface area contributed by atoms with Crippen LogP contribution >= 0.6 is 0 Å². The summed E-state index contributed by atoms with van der Waals surface area (Å²) in [7, 11) is 0. The van der Waals surface area contributed by atoms with Crippen molar-refractivity contribution in [1.82, 2.24) is 10.2 Å². The number of hydrogen-bond acceptors (Lipinski definition) is 3. The molecule has 4 nitrogen and oxygen atoms in total. The molecule has 3 fully saturated rings. The van der Waals surface area contributed by atoms with Crippen molar-refractivity contribution in [2.24, 2.45) is 17.8 Å². The molecule has 0 heterocycles. The van der Waals surface area contributed by atoms with Crippen LogP contribution in [0.3, 0.4) is 0 Å². The molecule has 0 aromatic carbocycles. The van der Waals surface area contributed by atoms with Crippen LogP contribution in [-0.2, 0) is 4.79 Å². The second-order valence-corrected chi connectivity index (χ2v) is 8.13. The second kappa shape index (κ2) is 7.31. The number of nitrogens with zero attached hydrogens (tertiary/aromatic N) is 1. The molecule has 0 saturated heterocycles. The lowest BCUT2D eigenvalue weighted by atomic mass is 9.81. The van der Waals surface area contributed by atoms with Crippen molar-refractivity contribution in [3.8, 4) is 0 Å². The minimum atomic E-state index is -0.673. The first-order valence-electron chi connectivity index (χ1n) is 9.29. The summed E-state index contributed by atoms with van der Waals surface area (Å²) in [5.74, 6) is 1.87. The van der Waals surface area contributed by atoms with Crippen molar-refractivity contribution in [2.75, 3.05) is 19.6 Å². The lowest BCUT2D eigenvalue weighted by Gasteiger charge is -2.43. The fourth-order valence-corrected chi connectivity index (χ4v) is 4.28. The van der Waals surface area contributed by atoms with Gasteiger partial charge >= 0.3 is 5.97 Å². The molecule has 0 radical (unpaired) electrons. The highest BCUT2D eigenvalue weighted by Gasteiger charge is 2.37.